The number of dihydropyridines is 1. The number of halogens is 1. The first-order valence-corrected chi connectivity index (χ1v) is 14.0. The van der Waals surface area contributed by atoms with Crippen molar-refractivity contribution < 1.29 is 28.6 Å². The summed E-state index contributed by atoms with van der Waals surface area (Å²) < 4.78 is 20.7. The molecule has 0 radical (unpaired) electrons. The van der Waals surface area contributed by atoms with Gasteiger partial charge >= 0.3 is 12.0 Å². The van der Waals surface area contributed by atoms with Gasteiger partial charge in [-0.15, -0.1) is 0 Å². The predicted octanol–water partition coefficient (Wildman–Crippen LogP) is 1.12. The first-order chi connectivity index (χ1) is 18.7. The number of carbonyl (C=O) groups excluding carboxylic acids is 2. The van der Waals surface area contributed by atoms with E-state index in [1.165, 1.54) is 6.08 Å². The molecule has 3 aliphatic heterocycles. The van der Waals surface area contributed by atoms with Crippen LogP contribution in [0.5, 0.6) is 0 Å². The number of allylic oxidation sites excluding steroid dienone is 1. The molecule has 0 aromatic carbocycles. The second kappa shape index (κ2) is 11.5. The van der Waals surface area contributed by atoms with E-state index >= 15 is 0 Å². The van der Waals surface area contributed by atoms with Gasteiger partial charge in [0.05, 0.1) is 6.04 Å². The number of carboxylic acid groups (broad SMARTS) is 1. The molecule has 5 aliphatic rings. The number of likely N-dealkylation sites (tertiary alicyclic amines) is 1. The van der Waals surface area contributed by atoms with Crippen molar-refractivity contribution in [3.8, 4) is 0 Å². The van der Waals surface area contributed by atoms with Gasteiger partial charge in [0, 0.05) is 57.9 Å². The number of carboxylic acids is 1. The molecular formula is C27H39FN6O5. The number of hydrogen-bond donors (Lipinski definition) is 4. The van der Waals surface area contributed by atoms with Crippen LogP contribution < -0.4 is 16.0 Å². The predicted molar refractivity (Wildman–Crippen MR) is 141 cm³/mol. The van der Waals surface area contributed by atoms with E-state index in [4.69, 9.17) is 4.74 Å². The summed E-state index contributed by atoms with van der Waals surface area (Å²) in [5, 5.41) is 17.9. The fourth-order valence-corrected chi connectivity index (χ4v) is 5.71. The zero-order chi connectivity index (χ0) is 27.6. The smallest absolute Gasteiger partial charge is 0.322 e. The minimum Gasteiger partial charge on any atom is -0.486 e. The van der Waals surface area contributed by atoms with Crippen LogP contribution in [0.1, 0.15) is 38.5 Å². The number of amides is 3. The molecule has 1 saturated carbocycles. The highest BCUT2D eigenvalue weighted by atomic mass is 19.1. The third-order valence-electron chi connectivity index (χ3n) is 8.53. The van der Waals surface area contributed by atoms with Crippen LogP contribution >= 0.6 is 0 Å². The lowest BCUT2D eigenvalue weighted by atomic mass is 9.97. The maximum atomic E-state index is 14.7. The van der Waals surface area contributed by atoms with Gasteiger partial charge in [-0.25, -0.2) is 9.18 Å². The van der Waals surface area contributed by atoms with Crippen LogP contribution in [0.4, 0.5) is 9.18 Å². The molecule has 5 rings (SSSR count). The standard InChI is InChI=1S/C27H39FN6O5/c1-32-12-14-33(15-13-32)18-5-10-34(11-6-18)26(38)31-23-17-20(4-9-29-23)39-19-2-3-22(21(28)16-19)30-24(35)27(7-8-27)25(36)37/h4,16-19,22,29H,2-3,5-15H2,1H3,(H,30,35)(H,31,38)(H,36,37). The van der Waals surface area contributed by atoms with Crippen LogP contribution in [0.3, 0.4) is 0 Å². The monoisotopic (exact) mass is 546 g/mol. The lowest BCUT2D eigenvalue weighted by Gasteiger charge is -2.42. The second-order valence-electron chi connectivity index (χ2n) is 11.2. The van der Waals surface area contributed by atoms with Gasteiger partial charge in [-0.05, 0) is 57.7 Å². The van der Waals surface area contributed by atoms with Gasteiger partial charge in [0.15, 0.2) is 0 Å². The molecule has 12 heteroatoms. The largest absolute Gasteiger partial charge is 0.486 e. The molecule has 3 amide bonds. The lowest BCUT2D eigenvalue weighted by Crippen LogP contribution is -2.54. The van der Waals surface area contributed by atoms with E-state index in [1.54, 1.807) is 6.08 Å². The number of piperidine rings is 1. The molecule has 39 heavy (non-hydrogen) atoms. The van der Waals surface area contributed by atoms with Crippen LogP contribution in [0.2, 0.25) is 0 Å². The zero-order valence-corrected chi connectivity index (χ0v) is 22.5. The summed E-state index contributed by atoms with van der Waals surface area (Å²) in [6.45, 7) is 6.24. The molecule has 0 spiro atoms. The molecule has 3 heterocycles. The SMILES string of the molecule is CN1CCN(C2CCN(C(=O)NC3=CC(OC4C=C(F)C(NC(=O)C5(C(=O)O)CC5)CC4)=CCN3)CC2)CC1. The van der Waals surface area contributed by atoms with Crippen molar-refractivity contribution in [2.45, 2.75) is 56.7 Å². The molecule has 0 aromatic rings. The number of piperazine rings is 1. The Balaban J connectivity index is 1.08. The van der Waals surface area contributed by atoms with Crippen molar-refractivity contribution in [2.75, 3.05) is 52.9 Å². The highest BCUT2D eigenvalue weighted by molar-refractivity contribution is 6.05. The average molecular weight is 547 g/mol. The fraction of sp³-hybridized carbons (Fsp3) is 0.667. The van der Waals surface area contributed by atoms with Gasteiger partial charge < -0.3 is 30.3 Å². The number of aliphatic carboxylic acids is 1. The van der Waals surface area contributed by atoms with Gasteiger partial charge in [-0.1, -0.05) is 0 Å². The lowest BCUT2D eigenvalue weighted by molar-refractivity contribution is -0.149. The van der Waals surface area contributed by atoms with Crippen LogP contribution in [0, 0.1) is 5.41 Å². The topological polar surface area (TPSA) is 126 Å². The van der Waals surface area contributed by atoms with E-state index in [0.717, 1.165) is 39.0 Å². The Morgan fingerprint density at radius 2 is 1.79 bits per heavy atom. The number of nitrogens with zero attached hydrogens (tertiary/aromatic N) is 3. The Kier molecular flexibility index (Phi) is 8.13. The van der Waals surface area contributed by atoms with Crippen molar-refractivity contribution in [1.82, 2.24) is 30.7 Å². The van der Waals surface area contributed by atoms with Crippen molar-refractivity contribution in [3.63, 3.8) is 0 Å². The third kappa shape index (κ3) is 6.38. The number of carbonyl (C=O) groups is 3. The van der Waals surface area contributed by atoms with Crippen LogP contribution in [0.15, 0.2) is 35.6 Å². The molecule has 2 aliphatic carbocycles. The number of urea groups is 1. The normalized spacial score (nSPS) is 27.8. The zero-order valence-electron chi connectivity index (χ0n) is 22.5. The summed E-state index contributed by atoms with van der Waals surface area (Å²) in [5.74, 6) is -1.27. The highest BCUT2D eigenvalue weighted by Gasteiger charge is 2.57. The molecule has 11 nitrogen and oxygen atoms in total. The Morgan fingerprint density at radius 1 is 1.08 bits per heavy atom. The second-order valence-corrected chi connectivity index (χ2v) is 11.2. The Morgan fingerprint density at radius 3 is 2.44 bits per heavy atom. The summed E-state index contributed by atoms with van der Waals surface area (Å²) in [7, 11) is 2.15. The summed E-state index contributed by atoms with van der Waals surface area (Å²) in [4.78, 5) is 43.3. The van der Waals surface area contributed by atoms with E-state index in [-0.39, 0.29) is 18.9 Å². The van der Waals surface area contributed by atoms with Gasteiger partial charge in [0.1, 0.15) is 28.9 Å². The number of rotatable bonds is 7. The maximum Gasteiger partial charge on any atom is 0.322 e. The van der Waals surface area contributed by atoms with Crippen LogP contribution in [-0.2, 0) is 14.3 Å². The summed E-state index contributed by atoms with van der Waals surface area (Å²) in [6, 6.07) is -0.465. The van der Waals surface area contributed by atoms with Gasteiger partial charge in [-0.3, -0.25) is 19.8 Å². The molecular weight excluding hydrogens is 507 g/mol. The quantitative estimate of drug-likeness (QED) is 0.350. The Labute approximate surface area is 228 Å². The molecule has 4 N–H and O–H groups in total. The molecule has 214 valence electrons. The summed E-state index contributed by atoms with van der Waals surface area (Å²) in [5.41, 5.74) is -1.40. The first-order valence-electron chi connectivity index (χ1n) is 14.0. The van der Waals surface area contributed by atoms with Gasteiger partial charge in [0.25, 0.3) is 0 Å². The molecule has 2 unspecified atom stereocenters. The minimum absolute atomic E-state index is 0.149. The molecule has 0 aromatic heterocycles. The highest BCUT2D eigenvalue weighted by Crippen LogP contribution is 2.46. The minimum atomic E-state index is -1.40. The number of ether oxygens (including phenoxy) is 1. The molecule has 3 fully saturated rings. The van der Waals surface area contributed by atoms with Crippen LogP contribution in [0.25, 0.3) is 0 Å². The van der Waals surface area contributed by atoms with E-state index in [2.05, 4.69) is 32.8 Å². The number of likely N-dealkylation sites (N-methyl/N-ethyl adjacent to an activating group) is 1. The number of nitrogens with one attached hydrogen (secondary N) is 3. The van der Waals surface area contributed by atoms with Gasteiger partial charge in [0.2, 0.25) is 5.91 Å². The van der Waals surface area contributed by atoms with Crippen molar-refractivity contribution >= 4 is 17.9 Å². The summed E-state index contributed by atoms with van der Waals surface area (Å²) >= 11 is 0. The fourth-order valence-electron chi connectivity index (χ4n) is 5.71. The van der Waals surface area contributed by atoms with Crippen LogP contribution in [-0.4, -0.2) is 109 Å². The Bertz CT molecular complexity index is 1060. The van der Waals surface area contributed by atoms with Crippen molar-refractivity contribution in [2.24, 2.45) is 5.41 Å². The number of hydrogen-bond acceptors (Lipinski definition) is 7. The maximum absolute atomic E-state index is 14.7. The third-order valence-corrected chi connectivity index (χ3v) is 8.53. The molecule has 0 bridgehead atoms. The Hall–Kier alpha value is -3.12. The van der Waals surface area contributed by atoms with E-state index in [0.29, 0.717) is 50.1 Å². The van der Waals surface area contributed by atoms with Gasteiger partial charge in [-0.2, -0.15) is 0 Å². The van der Waals surface area contributed by atoms with Crippen molar-refractivity contribution in [3.05, 3.63) is 35.6 Å². The summed E-state index contributed by atoms with van der Waals surface area (Å²) in [6.07, 6.45) is 7.57. The van der Waals surface area contributed by atoms with E-state index < -0.39 is 35.3 Å². The molecule has 2 atom stereocenters. The average Bonchev–Trinajstić information content (AvgIpc) is 3.74. The van der Waals surface area contributed by atoms with E-state index in [1.807, 2.05) is 11.0 Å². The van der Waals surface area contributed by atoms with Crippen molar-refractivity contribution in [1.29, 1.82) is 0 Å². The van der Waals surface area contributed by atoms with E-state index in [9.17, 15) is 23.9 Å². The molecule has 2 saturated heterocycles. The first kappa shape index (κ1) is 27.4.